The SMILES string of the molecule is N=C(N)NCCCC(NC(=O)C(N)CCCCN)C(=O)NC(CCCCN)C(=O)NC(CCCCN)C(=O)O. The highest BCUT2D eigenvalue weighted by Gasteiger charge is 2.30. The number of aliphatic carboxylic acids is 1. The maximum atomic E-state index is 13.3. The van der Waals surface area contributed by atoms with E-state index in [1.807, 2.05) is 0 Å². The molecule has 15 heteroatoms. The van der Waals surface area contributed by atoms with Crippen molar-refractivity contribution >= 4 is 29.7 Å². The normalized spacial score (nSPS) is 13.9. The fourth-order valence-corrected chi connectivity index (χ4v) is 3.77. The average molecular weight is 559 g/mol. The van der Waals surface area contributed by atoms with E-state index >= 15 is 0 Å². The van der Waals surface area contributed by atoms with Gasteiger partial charge in [-0.15, -0.1) is 0 Å². The van der Waals surface area contributed by atoms with Crippen LogP contribution >= 0.6 is 0 Å². The minimum atomic E-state index is -1.18. The Hall–Kier alpha value is -3.01. The molecule has 0 aromatic carbocycles. The Morgan fingerprint density at radius 2 is 1.05 bits per heavy atom. The van der Waals surface area contributed by atoms with Crippen LogP contribution in [-0.2, 0) is 19.2 Å². The van der Waals surface area contributed by atoms with E-state index in [2.05, 4.69) is 21.3 Å². The number of carbonyl (C=O) groups is 4. The topological polar surface area (TPSA) is 291 Å². The van der Waals surface area contributed by atoms with Crippen LogP contribution in [0.4, 0.5) is 0 Å². The summed E-state index contributed by atoms with van der Waals surface area (Å²) in [6.45, 7) is 1.57. The fourth-order valence-electron chi connectivity index (χ4n) is 3.77. The predicted molar refractivity (Wildman–Crippen MR) is 149 cm³/mol. The first kappa shape index (κ1) is 36.0. The lowest BCUT2D eigenvalue weighted by atomic mass is 10.0. The zero-order valence-electron chi connectivity index (χ0n) is 22.9. The van der Waals surface area contributed by atoms with Crippen LogP contribution in [0.15, 0.2) is 0 Å². The summed E-state index contributed by atoms with van der Waals surface area (Å²) in [5, 5.41) is 27.3. The van der Waals surface area contributed by atoms with Gasteiger partial charge in [0.1, 0.15) is 18.1 Å². The van der Waals surface area contributed by atoms with Crippen molar-refractivity contribution in [3.05, 3.63) is 0 Å². The number of carboxylic acid groups (broad SMARTS) is 1. The van der Waals surface area contributed by atoms with Gasteiger partial charge >= 0.3 is 5.97 Å². The van der Waals surface area contributed by atoms with Crippen LogP contribution in [0.25, 0.3) is 0 Å². The molecule has 0 aromatic rings. The average Bonchev–Trinajstić information content (AvgIpc) is 2.88. The first-order chi connectivity index (χ1) is 18.6. The molecule has 0 saturated heterocycles. The zero-order valence-corrected chi connectivity index (χ0v) is 22.9. The number of rotatable bonds is 23. The number of carbonyl (C=O) groups excluding carboxylic acids is 3. The van der Waals surface area contributed by atoms with Gasteiger partial charge in [0.05, 0.1) is 6.04 Å². The molecule has 0 aromatic heterocycles. The van der Waals surface area contributed by atoms with Gasteiger partial charge in [0, 0.05) is 6.54 Å². The van der Waals surface area contributed by atoms with E-state index in [4.69, 9.17) is 34.1 Å². The third-order valence-electron chi connectivity index (χ3n) is 6.07. The van der Waals surface area contributed by atoms with Crippen molar-refractivity contribution in [2.75, 3.05) is 26.2 Å². The summed E-state index contributed by atoms with van der Waals surface area (Å²) in [6, 6.07) is -4.02. The maximum Gasteiger partial charge on any atom is 0.326 e. The Balaban J connectivity index is 5.53. The van der Waals surface area contributed by atoms with E-state index in [9.17, 15) is 24.3 Å². The van der Waals surface area contributed by atoms with Crippen molar-refractivity contribution in [2.45, 2.75) is 94.8 Å². The van der Waals surface area contributed by atoms with Gasteiger partial charge in [-0.25, -0.2) is 4.79 Å². The second-order valence-electron chi connectivity index (χ2n) is 9.46. The quantitative estimate of drug-likeness (QED) is 0.0354. The Bertz CT molecular complexity index is 755. The molecule has 3 amide bonds. The molecule has 0 aliphatic heterocycles. The molecule has 0 spiro atoms. The number of guanidine groups is 1. The first-order valence-corrected chi connectivity index (χ1v) is 13.6. The molecule has 0 heterocycles. The summed E-state index contributed by atoms with van der Waals surface area (Å²) in [6.07, 6.45) is 5.02. The zero-order chi connectivity index (χ0) is 29.6. The third-order valence-corrected chi connectivity index (χ3v) is 6.07. The van der Waals surface area contributed by atoms with Crippen molar-refractivity contribution < 1.29 is 24.3 Å². The summed E-state index contributed by atoms with van der Waals surface area (Å²) >= 11 is 0. The second-order valence-corrected chi connectivity index (χ2v) is 9.46. The van der Waals surface area contributed by atoms with Crippen molar-refractivity contribution in [3.8, 4) is 0 Å². The Morgan fingerprint density at radius 3 is 1.51 bits per heavy atom. The minimum absolute atomic E-state index is 0.182. The van der Waals surface area contributed by atoms with Crippen molar-refractivity contribution in [1.29, 1.82) is 5.41 Å². The van der Waals surface area contributed by atoms with Gasteiger partial charge in [-0.2, -0.15) is 0 Å². The number of unbranched alkanes of at least 4 members (excludes halogenated alkanes) is 3. The monoisotopic (exact) mass is 558 g/mol. The van der Waals surface area contributed by atoms with Gasteiger partial charge in [-0.05, 0) is 83.8 Å². The molecule has 15 nitrogen and oxygen atoms in total. The molecule has 0 saturated carbocycles. The molecule has 16 N–H and O–H groups in total. The van der Waals surface area contributed by atoms with Crippen LogP contribution in [0.5, 0.6) is 0 Å². The van der Waals surface area contributed by atoms with Crippen LogP contribution in [0.1, 0.15) is 70.6 Å². The van der Waals surface area contributed by atoms with Gasteiger partial charge in [0.2, 0.25) is 17.7 Å². The highest BCUT2D eigenvalue weighted by Crippen LogP contribution is 2.08. The lowest BCUT2D eigenvalue weighted by molar-refractivity contribution is -0.142. The standard InChI is InChI=1S/C24H50N10O5/c25-12-4-1-8-16(28)20(35)32-18(11-7-15-31-24(29)30)21(36)33-17(9-2-5-13-26)22(37)34-19(23(38)39)10-3-6-14-27/h16-19H,1-15,25-28H2,(H,32,35)(H,33,36)(H,34,37)(H,38,39)(H4,29,30,31). The maximum absolute atomic E-state index is 13.3. The Labute approximate surface area is 230 Å². The Morgan fingerprint density at radius 1 is 0.641 bits per heavy atom. The van der Waals surface area contributed by atoms with Crippen molar-refractivity contribution in [3.63, 3.8) is 0 Å². The smallest absolute Gasteiger partial charge is 0.326 e. The van der Waals surface area contributed by atoms with Crippen LogP contribution in [0.3, 0.4) is 0 Å². The van der Waals surface area contributed by atoms with Crippen LogP contribution in [0.2, 0.25) is 0 Å². The molecule has 226 valence electrons. The van der Waals surface area contributed by atoms with Gasteiger partial charge in [0.15, 0.2) is 5.96 Å². The van der Waals surface area contributed by atoms with E-state index in [-0.39, 0.29) is 25.2 Å². The number of hydrogen-bond donors (Lipinski definition) is 11. The van der Waals surface area contributed by atoms with Gasteiger partial charge < -0.3 is 55.0 Å². The minimum Gasteiger partial charge on any atom is -0.480 e. The third kappa shape index (κ3) is 17.2. The van der Waals surface area contributed by atoms with Crippen molar-refractivity contribution in [1.82, 2.24) is 21.3 Å². The lowest BCUT2D eigenvalue weighted by Gasteiger charge is -2.25. The van der Waals surface area contributed by atoms with E-state index in [1.165, 1.54) is 0 Å². The Kier molecular flexibility index (Phi) is 20.2. The summed E-state index contributed by atoms with van der Waals surface area (Å²) in [4.78, 5) is 50.7. The number of nitrogens with one attached hydrogen (secondary N) is 5. The summed E-state index contributed by atoms with van der Waals surface area (Å²) in [7, 11) is 0. The molecule has 0 rings (SSSR count). The number of amides is 3. The molecular formula is C24H50N10O5. The van der Waals surface area contributed by atoms with Gasteiger partial charge in [-0.1, -0.05) is 6.42 Å². The molecule has 4 atom stereocenters. The number of hydrogen-bond acceptors (Lipinski definition) is 9. The number of nitrogens with two attached hydrogens (primary N) is 5. The summed E-state index contributed by atoms with van der Waals surface area (Å²) in [5.41, 5.74) is 27.8. The molecule has 39 heavy (non-hydrogen) atoms. The molecule has 0 radical (unpaired) electrons. The van der Waals surface area contributed by atoms with Crippen molar-refractivity contribution in [2.24, 2.45) is 28.7 Å². The molecule has 4 unspecified atom stereocenters. The highest BCUT2D eigenvalue weighted by molar-refractivity contribution is 5.94. The van der Waals surface area contributed by atoms with E-state index in [1.54, 1.807) is 0 Å². The predicted octanol–water partition coefficient (Wildman–Crippen LogP) is -2.50. The summed E-state index contributed by atoms with van der Waals surface area (Å²) < 4.78 is 0. The van der Waals surface area contributed by atoms with Gasteiger partial charge in [-0.3, -0.25) is 19.8 Å². The summed E-state index contributed by atoms with van der Waals surface area (Å²) in [5.74, 6) is -3.16. The van der Waals surface area contributed by atoms with Gasteiger partial charge in [0.25, 0.3) is 0 Å². The number of carboxylic acids is 1. The van der Waals surface area contributed by atoms with Crippen LogP contribution in [0, 0.1) is 5.41 Å². The fraction of sp³-hybridized carbons (Fsp3) is 0.792. The molecule has 0 aliphatic rings. The molecule has 0 aliphatic carbocycles. The largest absolute Gasteiger partial charge is 0.480 e. The molecular weight excluding hydrogens is 508 g/mol. The molecule has 0 bridgehead atoms. The first-order valence-electron chi connectivity index (χ1n) is 13.6. The lowest BCUT2D eigenvalue weighted by Crippen LogP contribution is -2.57. The second kappa shape index (κ2) is 21.9. The van der Waals surface area contributed by atoms with Crippen LogP contribution in [-0.4, -0.2) is 85.1 Å². The van der Waals surface area contributed by atoms with E-state index in [0.717, 1.165) is 0 Å². The highest BCUT2D eigenvalue weighted by atomic mass is 16.4. The van der Waals surface area contributed by atoms with Crippen LogP contribution < -0.4 is 49.9 Å². The van der Waals surface area contributed by atoms with E-state index < -0.39 is 47.9 Å². The van der Waals surface area contributed by atoms with E-state index in [0.29, 0.717) is 77.5 Å². The molecule has 0 fully saturated rings.